The number of allylic oxidation sites excluding steroid dienone is 6. The number of rotatable bonds is 4. The van der Waals surface area contributed by atoms with Crippen LogP contribution in [0.2, 0.25) is 0 Å². The van der Waals surface area contributed by atoms with E-state index in [1.54, 1.807) is 0 Å². The average molecular weight is 290 g/mol. The Bertz CT molecular complexity index is 806. The Morgan fingerprint density at radius 3 is 2.91 bits per heavy atom. The van der Waals surface area contributed by atoms with Crippen molar-refractivity contribution >= 4 is 11.6 Å². The van der Waals surface area contributed by atoms with Gasteiger partial charge >= 0.3 is 0 Å². The highest BCUT2D eigenvalue weighted by Gasteiger charge is 2.35. The number of nitrogens with one attached hydrogen (secondary N) is 1. The van der Waals surface area contributed by atoms with E-state index in [4.69, 9.17) is 0 Å². The van der Waals surface area contributed by atoms with Gasteiger partial charge in [0.05, 0.1) is 0 Å². The van der Waals surface area contributed by atoms with Gasteiger partial charge in [-0.1, -0.05) is 18.2 Å². The van der Waals surface area contributed by atoms with Gasteiger partial charge in [-0.25, -0.2) is 0 Å². The lowest BCUT2D eigenvalue weighted by Crippen LogP contribution is -2.24. The van der Waals surface area contributed by atoms with Gasteiger partial charge in [-0.15, -0.1) is 0 Å². The number of hydrogen-bond donors (Lipinski definition) is 1. The molecule has 0 spiro atoms. The van der Waals surface area contributed by atoms with Gasteiger partial charge in [0, 0.05) is 31.9 Å². The third-order valence-electron chi connectivity index (χ3n) is 4.40. The molecule has 3 aliphatic rings. The van der Waals surface area contributed by atoms with Crippen molar-refractivity contribution in [1.29, 1.82) is 0 Å². The van der Waals surface area contributed by atoms with Crippen molar-refractivity contribution in [1.82, 2.24) is 5.32 Å². The summed E-state index contributed by atoms with van der Waals surface area (Å²) in [4.78, 5) is 14.5. The molecule has 1 saturated carbocycles. The Labute approximate surface area is 130 Å². The molecule has 1 aromatic carbocycles. The lowest BCUT2D eigenvalue weighted by molar-refractivity contribution is -0.117. The summed E-state index contributed by atoms with van der Waals surface area (Å²) in [5.74, 6) is 0.00950. The van der Waals surface area contributed by atoms with Crippen LogP contribution in [0, 0.1) is 0 Å². The van der Waals surface area contributed by atoms with Crippen LogP contribution in [0.4, 0.5) is 5.69 Å². The van der Waals surface area contributed by atoms with E-state index < -0.39 is 0 Å². The van der Waals surface area contributed by atoms with Gasteiger partial charge < -0.3 is 10.2 Å². The maximum absolute atomic E-state index is 12.4. The first-order valence-electron chi connectivity index (χ1n) is 7.55. The molecule has 4 rings (SSSR count). The molecule has 0 saturated heterocycles. The Morgan fingerprint density at radius 1 is 1.23 bits per heavy atom. The topological polar surface area (TPSA) is 32.3 Å². The first kappa shape index (κ1) is 13.1. The lowest BCUT2D eigenvalue weighted by atomic mass is 10.1. The molecule has 1 amide bonds. The van der Waals surface area contributed by atoms with E-state index in [2.05, 4.69) is 34.5 Å². The molecule has 22 heavy (non-hydrogen) atoms. The van der Waals surface area contributed by atoms with E-state index in [0.29, 0.717) is 6.54 Å². The van der Waals surface area contributed by atoms with Crippen molar-refractivity contribution in [2.75, 3.05) is 19.0 Å². The number of nitrogens with zero attached hydrogens (tertiary/aromatic N) is 1. The number of anilines is 1. The molecule has 0 aromatic heterocycles. The fourth-order valence-corrected chi connectivity index (χ4v) is 3.06. The van der Waals surface area contributed by atoms with Crippen molar-refractivity contribution < 1.29 is 4.79 Å². The molecule has 1 fully saturated rings. The number of fused-ring (bicyclic) bond motifs is 2. The van der Waals surface area contributed by atoms with E-state index in [1.807, 2.05) is 32.3 Å². The first-order valence-corrected chi connectivity index (χ1v) is 7.55. The van der Waals surface area contributed by atoms with E-state index in [-0.39, 0.29) is 5.91 Å². The molecule has 3 aliphatic carbocycles. The zero-order valence-corrected chi connectivity index (χ0v) is 12.8. The second-order valence-corrected chi connectivity index (χ2v) is 6.15. The largest absolute Gasteiger partial charge is 0.378 e. The van der Waals surface area contributed by atoms with Crippen molar-refractivity contribution in [2.24, 2.45) is 0 Å². The van der Waals surface area contributed by atoms with Gasteiger partial charge in [0.15, 0.2) is 0 Å². The second-order valence-electron chi connectivity index (χ2n) is 6.15. The zero-order chi connectivity index (χ0) is 15.3. The van der Waals surface area contributed by atoms with Crippen molar-refractivity contribution in [2.45, 2.75) is 13.0 Å². The molecule has 0 unspecified atom stereocenters. The van der Waals surface area contributed by atoms with Gasteiger partial charge in [0.2, 0.25) is 0 Å². The molecule has 1 N–H and O–H groups in total. The van der Waals surface area contributed by atoms with Crippen LogP contribution in [0.25, 0.3) is 0 Å². The molecular weight excluding hydrogens is 272 g/mol. The van der Waals surface area contributed by atoms with Gasteiger partial charge in [-0.2, -0.15) is 0 Å². The van der Waals surface area contributed by atoms with Crippen LogP contribution in [-0.2, 0) is 11.3 Å². The fraction of sp³-hybridized carbons (Fsp3) is 0.211. The third kappa shape index (κ3) is 2.10. The number of carbonyl (C=O) groups excluding carboxylic acids is 1. The highest BCUT2D eigenvalue weighted by molar-refractivity contribution is 6.01. The van der Waals surface area contributed by atoms with Gasteiger partial charge in [0.25, 0.3) is 5.91 Å². The van der Waals surface area contributed by atoms with Gasteiger partial charge in [-0.3, -0.25) is 4.79 Å². The number of carbonyl (C=O) groups is 1. The predicted molar refractivity (Wildman–Crippen MR) is 88.5 cm³/mol. The maximum atomic E-state index is 12.4. The SMILES string of the molecule is CN(C)c1cccc(CNC(=O)C2=C3C=C4CC4=C3C=C2)c1. The minimum absolute atomic E-state index is 0.00950. The van der Waals surface area contributed by atoms with Crippen LogP contribution in [-0.4, -0.2) is 20.0 Å². The fourth-order valence-electron chi connectivity index (χ4n) is 3.06. The standard InChI is InChI=1S/C19H18N2O/c1-21(2)14-5-3-4-12(8-14)11-20-19(22)16-7-6-15-17-9-13(17)10-18(15)16/h3-8,10H,9,11H2,1-2H3,(H,20,22). The van der Waals surface area contributed by atoms with E-state index in [9.17, 15) is 4.79 Å². The van der Waals surface area contributed by atoms with Gasteiger partial charge in [-0.05, 0) is 58.6 Å². The minimum Gasteiger partial charge on any atom is -0.378 e. The van der Waals surface area contributed by atoms with Crippen LogP contribution in [0.5, 0.6) is 0 Å². The summed E-state index contributed by atoms with van der Waals surface area (Å²) in [6, 6.07) is 8.22. The van der Waals surface area contributed by atoms with Gasteiger partial charge in [0.1, 0.15) is 0 Å². The normalized spacial score (nSPS) is 17.5. The smallest absolute Gasteiger partial charge is 0.252 e. The highest BCUT2D eigenvalue weighted by atomic mass is 16.1. The second kappa shape index (κ2) is 4.73. The number of amides is 1. The Kier molecular flexibility index (Phi) is 2.83. The first-order chi connectivity index (χ1) is 10.6. The summed E-state index contributed by atoms with van der Waals surface area (Å²) in [6.45, 7) is 0.549. The quantitative estimate of drug-likeness (QED) is 0.925. The Balaban J connectivity index is 1.47. The van der Waals surface area contributed by atoms with E-state index in [1.165, 1.54) is 16.7 Å². The monoisotopic (exact) mass is 290 g/mol. The van der Waals surface area contributed by atoms with Crippen LogP contribution >= 0.6 is 0 Å². The molecule has 3 heteroatoms. The molecule has 0 heterocycles. The molecule has 3 nitrogen and oxygen atoms in total. The summed E-state index contributed by atoms with van der Waals surface area (Å²) in [5, 5.41) is 3.03. The van der Waals surface area contributed by atoms with Crippen molar-refractivity contribution in [3.63, 3.8) is 0 Å². The molecule has 0 radical (unpaired) electrons. The molecule has 110 valence electrons. The van der Waals surface area contributed by atoms with Crippen molar-refractivity contribution in [3.05, 3.63) is 75.9 Å². The highest BCUT2D eigenvalue weighted by Crippen LogP contribution is 2.51. The maximum Gasteiger partial charge on any atom is 0.252 e. The number of hydrogen-bond acceptors (Lipinski definition) is 2. The Hall–Kier alpha value is -2.55. The summed E-state index contributed by atoms with van der Waals surface area (Å²) < 4.78 is 0. The molecule has 0 aliphatic heterocycles. The Morgan fingerprint density at radius 2 is 2.09 bits per heavy atom. The summed E-state index contributed by atoms with van der Waals surface area (Å²) in [5.41, 5.74) is 8.24. The van der Waals surface area contributed by atoms with Crippen LogP contribution in [0.1, 0.15) is 12.0 Å². The van der Waals surface area contributed by atoms with E-state index >= 15 is 0 Å². The van der Waals surface area contributed by atoms with Crippen LogP contribution in [0.15, 0.2) is 70.4 Å². The summed E-state index contributed by atoms with van der Waals surface area (Å²) in [7, 11) is 4.03. The minimum atomic E-state index is 0.00950. The van der Waals surface area contributed by atoms with Crippen LogP contribution in [0.3, 0.4) is 0 Å². The number of benzene rings is 1. The van der Waals surface area contributed by atoms with Crippen molar-refractivity contribution in [3.8, 4) is 0 Å². The zero-order valence-electron chi connectivity index (χ0n) is 12.8. The lowest BCUT2D eigenvalue weighted by Gasteiger charge is -2.14. The van der Waals surface area contributed by atoms with Crippen LogP contribution < -0.4 is 10.2 Å². The molecule has 0 bridgehead atoms. The molecule has 1 aromatic rings. The average Bonchev–Trinajstić information content (AvgIpc) is 3.00. The summed E-state index contributed by atoms with van der Waals surface area (Å²) >= 11 is 0. The third-order valence-corrected chi connectivity index (χ3v) is 4.40. The summed E-state index contributed by atoms with van der Waals surface area (Å²) in [6.07, 6.45) is 7.28. The van der Waals surface area contributed by atoms with E-state index in [0.717, 1.165) is 28.8 Å². The predicted octanol–water partition coefficient (Wildman–Crippen LogP) is 2.88. The molecule has 0 atom stereocenters. The molecular formula is C19H18N2O.